The summed E-state index contributed by atoms with van der Waals surface area (Å²) in [4.78, 5) is 26.7. The first-order valence-corrected chi connectivity index (χ1v) is 7.28. The highest BCUT2D eigenvalue weighted by Gasteiger charge is 2.16. The quantitative estimate of drug-likeness (QED) is 0.798. The van der Waals surface area contributed by atoms with Gasteiger partial charge in [0.15, 0.2) is 0 Å². The number of nitrogens with zero attached hydrogens (tertiary/aromatic N) is 1. The topological polar surface area (TPSA) is 79.3 Å². The number of aromatic nitrogens is 1. The van der Waals surface area contributed by atoms with E-state index in [1.54, 1.807) is 12.3 Å². The minimum absolute atomic E-state index is 0.0587. The molecule has 0 saturated carbocycles. The molecule has 20 heavy (non-hydrogen) atoms. The molecule has 0 aliphatic rings. The average Bonchev–Trinajstić information content (AvgIpc) is 2.34. The number of carboxylic acids is 1. The number of nitrogens with one attached hydrogen (secondary N) is 1. The van der Waals surface area contributed by atoms with Gasteiger partial charge in [0.05, 0.1) is 5.56 Å². The molecule has 1 amide bonds. The van der Waals surface area contributed by atoms with Crippen molar-refractivity contribution < 1.29 is 14.7 Å². The number of carboxylic acid groups (broad SMARTS) is 1. The SMILES string of the molecule is CC(C)CC(CNC(=O)c1cncc(Br)c1)CC(=O)O. The maximum absolute atomic E-state index is 12.0. The Morgan fingerprint density at radius 1 is 1.40 bits per heavy atom. The first-order valence-electron chi connectivity index (χ1n) is 6.49. The van der Waals surface area contributed by atoms with Crippen molar-refractivity contribution in [3.63, 3.8) is 0 Å². The van der Waals surface area contributed by atoms with Gasteiger partial charge in [-0.1, -0.05) is 13.8 Å². The van der Waals surface area contributed by atoms with E-state index in [2.05, 4.69) is 26.2 Å². The largest absolute Gasteiger partial charge is 0.481 e. The van der Waals surface area contributed by atoms with E-state index in [4.69, 9.17) is 5.11 Å². The van der Waals surface area contributed by atoms with Gasteiger partial charge in [-0.05, 0) is 40.3 Å². The van der Waals surface area contributed by atoms with E-state index in [1.807, 2.05) is 13.8 Å². The summed E-state index contributed by atoms with van der Waals surface area (Å²) in [5.74, 6) is -0.743. The summed E-state index contributed by atoms with van der Waals surface area (Å²) < 4.78 is 0.731. The van der Waals surface area contributed by atoms with Gasteiger partial charge in [-0.15, -0.1) is 0 Å². The molecule has 0 spiro atoms. The van der Waals surface area contributed by atoms with Crippen LogP contribution in [0.5, 0.6) is 0 Å². The molecular weight excluding hydrogens is 324 g/mol. The summed E-state index contributed by atoms with van der Waals surface area (Å²) in [5.41, 5.74) is 0.456. The zero-order valence-corrected chi connectivity index (χ0v) is 13.2. The molecule has 0 bridgehead atoms. The molecular formula is C14H19BrN2O3. The zero-order chi connectivity index (χ0) is 15.1. The van der Waals surface area contributed by atoms with Crippen molar-refractivity contribution in [1.82, 2.24) is 10.3 Å². The summed E-state index contributed by atoms with van der Waals surface area (Å²) in [6.07, 6.45) is 3.91. The predicted molar refractivity (Wildman–Crippen MR) is 79.5 cm³/mol. The Balaban J connectivity index is 2.57. The van der Waals surface area contributed by atoms with Crippen LogP contribution >= 0.6 is 15.9 Å². The third-order valence-corrected chi connectivity index (χ3v) is 3.22. The lowest BCUT2D eigenvalue weighted by Crippen LogP contribution is -2.31. The Kier molecular flexibility index (Phi) is 6.64. The third-order valence-electron chi connectivity index (χ3n) is 2.79. The number of carbonyl (C=O) groups excluding carboxylic acids is 1. The van der Waals surface area contributed by atoms with Gasteiger partial charge in [0, 0.05) is 29.8 Å². The minimum atomic E-state index is -0.839. The van der Waals surface area contributed by atoms with Gasteiger partial charge < -0.3 is 10.4 Å². The van der Waals surface area contributed by atoms with Crippen LogP contribution in [0.2, 0.25) is 0 Å². The van der Waals surface area contributed by atoms with E-state index in [0.29, 0.717) is 18.0 Å². The molecule has 0 fully saturated rings. The Bertz CT molecular complexity index is 477. The monoisotopic (exact) mass is 342 g/mol. The standard InChI is InChI=1S/C14H19BrN2O3/c1-9(2)3-10(4-13(18)19)6-17-14(20)11-5-12(15)8-16-7-11/h5,7-10H,3-4,6H2,1-2H3,(H,17,20)(H,18,19). The van der Waals surface area contributed by atoms with Crippen molar-refractivity contribution in [2.45, 2.75) is 26.7 Å². The fourth-order valence-electron chi connectivity index (χ4n) is 2.03. The molecule has 1 aromatic heterocycles. The van der Waals surface area contributed by atoms with Gasteiger partial charge in [0.25, 0.3) is 5.91 Å². The second kappa shape index (κ2) is 7.99. The normalized spacial score (nSPS) is 12.2. The molecule has 1 atom stereocenters. The summed E-state index contributed by atoms with van der Waals surface area (Å²) in [5, 5.41) is 11.7. The van der Waals surface area contributed by atoms with Crippen molar-refractivity contribution in [1.29, 1.82) is 0 Å². The van der Waals surface area contributed by atoms with Crippen LogP contribution in [0.1, 0.15) is 37.0 Å². The lowest BCUT2D eigenvalue weighted by Gasteiger charge is -2.17. The Hall–Kier alpha value is -1.43. The smallest absolute Gasteiger partial charge is 0.303 e. The Morgan fingerprint density at radius 2 is 2.10 bits per heavy atom. The van der Waals surface area contributed by atoms with E-state index < -0.39 is 5.97 Å². The van der Waals surface area contributed by atoms with Crippen LogP contribution in [0, 0.1) is 11.8 Å². The molecule has 6 heteroatoms. The number of hydrogen-bond donors (Lipinski definition) is 2. The second-order valence-corrected chi connectivity index (χ2v) is 6.11. The molecule has 1 rings (SSSR count). The average molecular weight is 343 g/mol. The maximum Gasteiger partial charge on any atom is 0.303 e. The second-order valence-electron chi connectivity index (χ2n) is 5.20. The van der Waals surface area contributed by atoms with Gasteiger partial charge in [0.1, 0.15) is 0 Å². The molecule has 0 aliphatic carbocycles. The van der Waals surface area contributed by atoms with Crippen molar-refractivity contribution in [2.24, 2.45) is 11.8 Å². The number of halogens is 1. The van der Waals surface area contributed by atoms with Crippen molar-refractivity contribution in [2.75, 3.05) is 6.54 Å². The Labute approximate surface area is 126 Å². The van der Waals surface area contributed by atoms with Crippen molar-refractivity contribution in [3.8, 4) is 0 Å². The number of pyridine rings is 1. The molecule has 0 saturated heterocycles. The molecule has 1 unspecified atom stereocenters. The van der Waals surface area contributed by atoms with Gasteiger partial charge >= 0.3 is 5.97 Å². The molecule has 1 aromatic rings. The summed E-state index contributed by atoms with van der Waals surface area (Å²) in [7, 11) is 0. The summed E-state index contributed by atoms with van der Waals surface area (Å²) in [6.45, 7) is 4.43. The molecule has 0 aromatic carbocycles. The van der Waals surface area contributed by atoms with Crippen LogP contribution in [0.3, 0.4) is 0 Å². The predicted octanol–water partition coefficient (Wildman–Crippen LogP) is 2.71. The molecule has 0 aliphatic heterocycles. The van der Waals surface area contributed by atoms with Crippen LogP contribution in [-0.2, 0) is 4.79 Å². The van der Waals surface area contributed by atoms with E-state index in [9.17, 15) is 9.59 Å². The Morgan fingerprint density at radius 3 is 2.65 bits per heavy atom. The number of aliphatic carboxylic acids is 1. The number of rotatable bonds is 7. The van der Waals surface area contributed by atoms with E-state index in [1.165, 1.54) is 6.20 Å². The number of amides is 1. The number of hydrogen-bond acceptors (Lipinski definition) is 3. The fraction of sp³-hybridized carbons (Fsp3) is 0.500. The summed E-state index contributed by atoms with van der Waals surface area (Å²) in [6, 6.07) is 1.68. The van der Waals surface area contributed by atoms with E-state index in [-0.39, 0.29) is 18.2 Å². The molecule has 110 valence electrons. The number of carbonyl (C=O) groups is 2. The van der Waals surface area contributed by atoms with Crippen LogP contribution in [0.25, 0.3) is 0 Å². The van der Waals surface area contributed by atoms with Crippen LogP contribution < -0.4 is 5.32 Å². The molecule has 1 heterocycles. The van der Waals surface area contributed by atoms with E-state index >= 15 is 0 Å². The van der Waals surface area contributed by atoms with Crippen molar-refractivity contribution in [3.05, 3.63) is 28.5 Å². The first kappa shape index (κ1) is 16.6. The van der Waals surface area contributed by atoms with E-state index in [0.717, 1.165) is 10.9 Å². The third kappa shape index (κ3) is 6.14. The zero-order valence-electron chi connectivity index (χ0n) is 11.6. The van der Waals surface area contributed by atoms with Crippen LogP contribution in [0.15, 0.2) is 22.9 Å². The van der Waals surface area contributed by atoms with Gasteiger partial charge in [0.2, 0.25) is 0 Å². The molecule has 5 nitrogen and oxygen atoms in total. The highest BCUT2D eigenvalue weighted by atomic mass is 79.9. The van der Waals surface area contributed by atoms with Crippen molar-refractivity contribution >= 4 is 27.8 Å². The van der Waals surface area contributed by atoms with Gasteiger partial charge in [-0.2, -0.15) is 0 Å². The van der Waals surface area contributed by atoms with Crippen LogP contribution in [-0.4, -0.2) is 28.5 Å². The van der Waals surface area contributed by atoms with Crippen LogP contribution in [0.4, 0.5) is 0 Å². The van der Waals surface area contributed by atoms with Gasteiger partial charge in [-0.25, -0.2) is 0 Å². The lowest BCUT2D eigenvalue weighted by atomic mass is 9.94. The highest BCUT2D eigenvalue weighted by Crippen LogP contribution is 2.15. The molecule has 2 N–H and O–H groups in total. The maximum atomic E-state index is 12.0. The van der Waals surface area contributed by atoms with Gasteiger partial charge in [-0.3, -0.25) is 14.6 Å². The highest BCUT2D eigenvalue weighted by molar-refractivity contribution is 9.10. The fourth-order valence-corrected chi connectivity index (χ4v) is 2.39. The first-order chi connectivity index (χ1) is 9.38. The minimum Gasteiger partial charge on any atom is -0.481 e. The lowest BCUT2D eigenvalue weighted by molar-refractivity contribution is -0.138. The summed E-state index contributed by atoms with van der Waals surface area (Å²) >= 11 is 3.26. The molecule has 0 radical (unpaired) electrons.